The smallest absolute Gasteiger partial charge is 0.412 e. The average Bonchev–Trinajstić information content (AvgIpc) is 2.61. The number of nitrogens with zero attached hydrogens (tertiary/aromatic N) is 1. The van der Waals surface area contributed by atoms with Crippen molar-refractivity contribution in [1.82, 2.24) is 4.90 Å². The van der Waals surface area contributed by atoms with Crippen molar-refractivity contribution in [2.24, 2.45) is 0 Å². The second-order valence-corrected chi connectivity index (χ2v) is 8.41. The SMILES string of the molecule is CN(C)C(=O)Sc1ccccc1NC(=O)c1cccc(NC(=O)OC(C)(C)C)c1. The molecule has 0 aliphatic heterocycles. The molecule has 2 rings (SSSR count). The molecule has 0 saturated carbocycles. The summed E-state index contributed by atoms with van der Waals surface area (Å²) < 4.78 is 5.22. The molecule has 2 aromatic rings. The number of thioether (sulfide) groups is 1. The van der Waals surface area contributed by atoms with E-state index >= 15 is 0 Å². The van der Waals surface area contributed by atoms with Gasteiger partial charge in [-0.25, -0.2) is 4.79 Å². The van der Waals surface area contributed by atoms with E-state index in [1.807, 2.05) is 0 Å². The molecule has 0 radical (unpaired) electrons. The third kappa shape index (κ3) is 7.15. The van der Waals surface area contributed by atoms with Gasteiger partial charge in [-0.2, -0.15) is 0 Å². The quantitative estimate of drug-likeness (QED) is 0.682. The van der Waals surface area contributed by atoms with Crippen molar-refractivity contribution in [2.45, 2.75) is 31.3 Å². The third-order valence-electron chi connectivity index (χ3n) is 3.47. The molecule has 0 spiro atoms. The third-order valence-corrected chi connectivity index (χ3v) is 4.58. The van der Waals surface area contributed by atoms with Crippen molar-refractivity contribution in [3.63, 3.8) is 0 Å². The van der Waals surface area contributed by atoms with E-state index in [1.165, 1.54) is 4.90 Å². The van der Waals surface area contributed by atoms with Crippen molar-refractivity contribution in [3.05, 3.63) is 54.1 Å². The number of nitrogens with one attached hydrogen (secondary N) is 2. The summed E-state index contributed by atoms with van der Waals surface area (Å²) in [5.41, 5.74) is 0.711. The van der Waals surface area contributed by atoms with Crippen molar-refractivity contribution >= 4 is 40.4 Å². The summed E-state index contributed by atoms with van der Waals surface area (Å²) in [5.74, 6) is -0.358. The number of amides is 3. The van der Waals surface area contributed by atoms with Crippen molar-refractivity contribution in [2.75, 3.05) is 24.7 Å². The fraction of sp³-hybridized carbons (Fsp3) is 0.286. The van der Waals surface area contributed by atoms with E-state index in [2.05, 4.69) is 10.6 Å². The number of ether oxygens (including phenoxy) is 1. The zero-order chi connectivity index (χ0) is 21.6. The van der Waals surface area contributed by atoms with Crippen LogP contribution in [-0.2, 0) is 4.74 Å². The highest BCUT2D eigenvalue weighted by Gasteiger charge is 2.17. The highest BCUT2D eigenvalue weighted by Crippen LogP contribution is 2.29. The molecule has 0 fully saturated rings. The lowest BCUT2D eigenvalue weighted by atomic mass is 10.2. The minimum Gasteiger partial charge on any atom is -0.444 e. The van der Waals surface area contributed by atoms with E-state index in [-0.39, 0.29) is 11.1 Å². The zero-order valence-corrected chi connectivity index (χ0v) is 17.9. The van der Waals surface area contributed by atoms with Gasteiger partial charge in [0.2, 0.25) is 0 Å². The number of para-hydroxylation sites is 1. The van der Waals surface area contributed by atoms with E-state index < -0.39 is 11.7 Å². The largest absolute Gasteiger partial charge is 0.444 e. The first kappa shape index (κ1) is 22.3. The van der Waals surface area contributed by atoms with Crippen molar-refractivity contribution < 1.29 is 19.1 Å². The highest BCUT2D eigenvalue weighted by atomic mass is 32.2. The van der Waals surface area contributed by atoms with Crippen molar-refractivity contribution in [3.8, 4) is 0 Å². The fourth-order valence-electron chi connectivity index (χ4n) is 2.20. The molecule has 2 aromatic carbocycles. The number of carbonyl (C=O) groups is 3. The van der Waals surface area contributed by atoms with Crippen LogP contribution < -0.4 is 10.6 Å². The van der Waals surface area contributed by atoms with Crippen LogP contribution in [0.15, 0.2) is 53.4 Å². The number of rotatable bonds is 4. The Labute approximate surface area is 174 Å². The summed E-state index contributed by atoms with van der Waals surface area (Å²) in [6.45, 7) is 5.31. The minimum absolute atomic E-state index is 0.143. The van der Waals surface area contributed by atoms with Gasteiger partial charge < -0.3 is 15.0 Å². The molecule has 29 heavy (non-hydrogen) atoms. The standard InChI is InChI=1S/C21H25N3O4S/c1-21(2,3)28-19(26)22-15-10-8-9-14(13-15)18(25)23-16-11-6-7-12-17(16)29-20(27)24(4)5/h6-13H,1-5H3,(H,22,26)(H,23,25). The van der Waals surface area contributed by atoms with Crippen LogP contribution in [0.4, 0.5) is 21.0 Å². The Kier molecular flexibility index (Phi) is 7.28. The molecule has 0 atom stereocenters. The number of benzene rings is 2. The Balaban J connectivity index is 2.12. The predicted molar refractivity (Wildman–Crippen MR) is 116 cm³/mol. The van der Waals surface area contributed by atoms with Crippen LogP contribution in [-0.4, -0.2) is 41.8 Å². The first-order chi connectivity index (χ1) is 13.5. The average molecular weight is 416 g/mol. The van der Waals surface area contributed by atoms with Gasteiger partial charge in [-0.3, -0.25) is 14.9 Å². The molecule has 0 heterocycles. The first-order valence-electron chi connectivity index (χ1n) is 8.95. The fourth-order valence-corrected chi connectivity index (χ4v) is 2.94. The van der Waals surface area contributed by atoms with Crippen LogP contribution in [0.1, 0.15) is 31.1 Å². The number of hydrogen-bond donors (Lipinski definition) is 2. The lowest BCUT2D eigenvalue weighted by Crippen LogP contribution is -2.27. The molecule has 3 amide bonds. The molecular weight excluding hydrogens is 390 g/mol. The van der Waals surface area contributed by atoms with E-state index in [9.17, 15) is 14.4 Å². The normalized spacial score (nSPS) is 10.8. The van der Waals surface area contributed by atoms with Gasteiger partial charge >= 0.3 is 6.09 Å². The van der Waals surface area contributed by atoms with Crippen LogP contribution in [0, 0.1) is 0 Å². The Morgan fingerprint density at radius 3 is 2.31 bits per heavy atom. The van der Waals surface area contributed by atoms with E-state index in [0.717, 1.165) is 11.8 Å². The van der Waals surface area contributed by atoms with Gasteiger partial charge in [-0.1, -0.05) is 18.2 Å². The Morgan fingerprint density at radius 1 is 0.966 bits per heavy atom. The van der Waals surface area contributed by atoms with Gasteiger partial charge in [0.25, 0.3) is 11.1 Å². The van der Waals surface area contributed by atoms with Gasteiger partial charge in [0, 0.05) is 30.2 Å². The minimum atomic E-state index is -0.621. The first-order valence-corrected chi connectivity index (χ1v) is 9.76. The van der Waals surface area contributed by atoms with Crippen LogP contribution in [0.2, 0.25) is 0 Å². The molecule has 7 nitrogen and oxygen atoms in total. The highest BCUT2D eigenvalue weighted by molar-refractivity contribution is 8.13. The topological polar surface area (TPSA) is 87.7 Å². The lowest BCUT2D eigenvalue weighted by molar-refractivity contribution is 0.0635. The van der Waals surface area contributed by atoms with Crippen LogP contribution >= 0.6 is 11.8 Å². The Morgan fingerprint density at radius 2 is 1.66 bits per heavy atom. The summed E-state index contributed by atoms with van der Waals surface area (Å²) in [5, 5.41) is 5.28. The molecule has 0 aliphatic rings. The van der Waals surface area contributed by atoms with E-state index in [4.69, 9.17) is 4.74 Å². The zero-order valence-electron chi connectivity index (χ0n) is 17.1. The molecule has 0 saturated heterocycles. The Bertz CT molecular complexity index is 907. The lowest BCUT2D eigenvalue weighted by Gasteiger charge is -2.19. The number of anilines is 2. The predicted octanol–water partition coefficient (Wildman–Crippen LogP) is 5.06. The molecule has 2 N–H and O–H groups in total. The molecule has 154 valence electrons. The molecule has 8 heteroatoms. The monoisotopic (exact) mass is 415 g/mol. The number of carbonyl (C=O) groups excluding carboxylic acids is 3. The molecule has 0 aliphatic carbocycles. The Hall–Kier alpha value is -3.00. The summed E-state index contributed by atoms with van der Waals surface area (Å²) >= 11 is 1.03. The van der Waals surface area contributed by atoms with Gasteiger partial charge in [-0.15, -0.1) is 0 Å². The molecule has 0 aromatic heterocycles. The van der Waals surface area contributed by atoms with Gasteiger partial charge in [0.05, 0.1) is 5.69 Å². The maximum absolute atomic E-state index is 12.7. The molecule has 0 bridgehead atoms. The van der Waals surface area contributed by atoms with Gasteiger partial charge in [-0.05, 0) is 62.9 Å². The summed E-state index contributed by atoms with van der Waals surface area (Å²) in [6.07, 6.45) is -0.598. The van der Waals surface area contributed by atoms with Crippen LogP contribution in [0.3, 0.4) is 0 Å². The molecular formula is C21H25N3O4S. The second kappa shape index (κ2) is 9.47. The second-order valence-electron chi connectivity index (χ2n) is 7.42. The van der Waals surface area contributed by atoms with Gasteiger partial charge in [0.15, 0.2) is 0 Å². The summed E-state index contributed by atoms with van der Waals surface area (Å²) in [4.78, 5) is 38.7. The maximum Gasteiger partial charge on any atom is 0.412 e. The van der Waals surface area contributed by atoms with E-state index in [1.54, 1.807) is 83.4 Å². The van der Waals surface area contributed by atoms with Crippen LogP contribution in [0.25, 0.3) is 0 Å². The summed E-state index contributed by atoms with van der Waals surface area (Å²) in [7, 11) is 3.33. The van der Waals surface area contributed by atoms with Gasteiger partial charge in [0.1, 0.15) is 5.60 Å². The van der Waals surface area contributed by atoms with Crippen molar-refractivity contribution in [1.29, 1.82) is 0 Å². The number of hydrogen-bond acceptors (Lipinski definition) is 5. The summed E-state index contributed by atoms with van der Waals surface area (Å²) in [6, 6.07) is 13.6. The van der Waals surface area contributed by atoms with E-state index in [0.29, 0.717) is 21.8 Å². The van der Waals surface area contributed by atoms with Crippen LogP contribution in [0.5, 0.6) is 0 Å². The molecule has 0 unspecified atom stereocenters. The maximum atomic E-state index is 12.7.